The Balaban J connectivity index is 2.91. The minimum Gasteiger partial charge on any atom is -0.350 e. The van der Waals surface area contributed by atoms with Crippen LogP contribution in [0.15, 0.2) is 18.2 Å². The third kappa shape index (κ3) is 4.83. The van der Waals surface area contributed by atoms with E-state index in [0.717, 1.165) is 6.07 Å². The molecule has 112 valence electrons. The van der Waals surface area contributed by atoms with Crippen molar-refractivity contribution in [1.29, 1.82) is 0 Å². The molecule has 0 heterocycles. The van der Waals surface area contributed by atoms with E-state index < -0.39 is 23.5 Å². The van der Waals surface area contributed by atoms with Crippen molar-refractivity contribution in [3.63, 3.8) is 0 Å². The summed E-state index contributed by atoms with van der Waals surface area (Å²) in [5.74, 6) is -1.45. The second-order valence-electron chi connectivity index (χ2n) is 5.23. The van der Waals surface area contributed by atoms with Crippen molar-refractivity contribution in [2.75, 3.05) is 0 Å². The van der Waals surface area contributed by atoms with Crippen molar-refractivity contribution < 1.29 is 22.4 Å². The molecule has 1 N–H and O–H groups in total. The highest BCUT2D eigenvalue weighted by atomic mass is 19.4. The molecule has 1 aromatic rings. The molecule has 1 aromatic carbocycles. The molecule has 1 rings (SSSR count). The first kappa shape index (κ1) is 16.5. The third-order valence-electron chi connectivity index (χ3n) is 2.69. The summed E-state index contributed by atoms with van der Waals surface area (Å²) in [5, 5.41) is 2.56. The molecule has 0 saturated heterocycles. The third-order valence-corrected chi connectivity index (χ3v) is 2.69. The summed E-state index contributed by atoms with van der Waals surface area (Å²) in [6, 6.07) is 1.63. The number of hydrogen-bond donors (Lipinski definition) is 1. The van der Waals surface area contributed by atoms with Crippen molar-refractivity contribution in [3.8, 4) is 0 Å². The lowest BCUT2D eigenvalue weighted by Gasteiger charge is -2.16. The average Bonchev–Trinajstić information content (AvgIpc) is 2.25. The van der Waals surface area contributed by atoms with E-state index in [0.29, 0.717) is 24.5 Å². The van der Waals surface area contributed by atoms with Gasteiger partial charge in [0.05, 0.1) is 5.56 Å². The zero-order valence-corrected chi connectivity index (χ0v) is 11.5. The van der Waals surface area contributed by atoms with Crippen LogP contribution in [-0.4, -0.2) is 11.9 Å². The molecule has 0 radical (unpaired) electrons. The van der Waals surface area contributed by atoms with Crippen LogP contribution in [0.1, 0.15) is 43.1 Å². The van der Waals surface area contributed by atoms with Crippen LogP contribution in [0.25, 0.3) is 0 Å². The lowest BCUT2D eigenvalue weighted by molar-refractivity contribution is -0.137. The Hall–Kier alpha value is -1.59. The van der Waals surface area contributed by atoms with Crippen molar-refractivity contribution in [3.05, 3.63) is 35.1 Å². The predicted molar refractivity (Wildman–Crippen MR) is 67.8 cm³/mol. The van der Waals surface area contributed by atoms with E-state index in [1.54, 1.807) is 6.92 Å². The Kier molecular flexibility index (Phi) is 5.14. The van der Waals surface area contributed by atoms with E-state index in [9.17, 15) is 22.4 Å². The van der Waals surface area contributed by atoms with Gasteiger partial charge in [0.15, 0.2) is 0 Å². The van der Waals surface area contributed by atoms with E-state index in [1.807, 2.05) is 13.8 Å². The summed E-state index contributed by atoms with van der Waals surface area (Å²) < 4.78 is 50.8. The highest BCUT2D eigenvalue weighted by molar-refractivity contribution is 5.94. The number of hydrogen-bond acceptors (Lipinski definition) is 1. The fourth-order valence-corrected chi connectivity index (χ4v) is 1.96. The van der Waals surface area contributed by atoms with Crippen LogP contribution in [0.5, 0.6) is 0 Å². The molecule has 20 heavy (non-hydrogen) atoms. The van der Waals surface area contributed by atoms with Crippen LogP contribution in [0.3, 0.4) is 0 Å². The molecule has 0 saturated carbocycles. The van der Waals surface area contributed by atoms with Crippen LogP contribution in [0.4, 0.5) is 17.6 Å². The largest absolute Gasteiger partial charge is 0.416 e. The van der Waals surface area contributed by atoms with Crippen molar-refractivity contribution in [2.24, 2.45) is 5.92 Å². The minimum absolute atomic E-state index is 0.194. The first-order valence-electron chi connectivity index (χ1n) is 6.28. The summed E-state index contributed by atoms with van der Waals surface area (Å²) in [6.45, 7) is 5.68. The van der Waals surface area contributed by atoms with Crippen molar-refractivity contribution in [1.82, 2.24) is 5.32 Å². The number of rotatable bonds is 4. The van der Waals surface area contributed by atoms with Gasteiger partial charge in [-0.3, -0.25) is 4.79 Å². The van der Waals surface area contributed by atoms with Gasteiger partial charge in [-0.15, -0.1) is 0 Å². The minimum atomic E-state index is -4.68. The summed E-state index contributed by atoms with van der Waals surface area (Å²) in [6.07, 6.45) is -3.99. The summed E-state index contributed by atoms with van der Waals surface area (Å²) in [4.78, 5) is 11.8. The molecule has 1 unspecified atom stereocenters. The van der Waals surface area contributed by atoms with Crippen LogP contribution in [0, 0.1) is 11.7 Å². The van der Waals surface area contributed by atoms with Crippen molar-refractivity contribution in [2.45, 2.75) is 39.4 Å². The van der Waals surface area contributed by atoms with Gasteiger partial charge in [-0.25, -0.2) is 4.39 Å². The first-order valence-corrected chi connectivity index (χ1v) is 6.28. The normalized spacial score (nSPS) is 13.4. The molecule has 2 nitrogen and oxygen atoms in total. The van der Waals surface area contributed by atoms with Gasteiger partial charge in [0.2, 0.25) is 0 Å². The number of alkyl halides is 3. The van der Waals surface area contributed by atoms with Gasteiger partial charge in [0.1, 0.15) is 5.82 Å². The maximum atomic E-state index is 13.2. The van der Waals surface area contributed by atoms with Crippen LogP contribution in [0.2, 0.25) is 0 Å². The van der Waals surface area contributed by atoms with Gasteiger partial charge < -0.3 is 5.32 Å². The molecule has 0 fully saturated rings. The SMILES string of the molecule is CC(C)CC(C)NC(=O)c1cc(F)cc(C(F)(F)F)c1. The van der Waals surface area contributed by atoms with Gasteiger partial charge in [0.25, 0.3) is 5.91 Å². The second kappa shape index (κ2) is 6.24. The number of halogens is 4. The van der Waals surface area contributed by atoms with Gasteiger partial charge >= 0.3 is 6.18 Å². The molecule has 0 aromatic heterocycles. The van der Waals surface area contributed by atoms with E-state index in [1.165, 1.54) is 0 Å². The van der Waals surface area contributed by atoms with Gasteiger partial charge in [-0.2, -0.15) is 13.2 Å². The maximum Gasteiger partial charge on any atom is 0.416 e. The maximum absolute atomic E-state index is 13.2. The van der Waals surface area contributed by atoms with Crippen LogP contribution >= 0.6 is 0 Å². The zero-order valence-electron chi connectivity index (χ0n) is 11.5. The highest BCUT2D eigenvalue weighted by Crippen LogP contribution is 2.30. The topological polar surface area (TPSA) is 29.1 Å². The van der Waals surface area contributed by atoms with Gasteiger partial charge in [0, 0.05) is 11.6 Å². The second-order valence-corrected chi connectivity index (χ2v) is 5.23. The van der Waals surface area contributed by atoms with Crippen LogP contribution in [-0.2, 0) is 6.18 Å². The number of carbonyl (C=O) groups is 1. The van der Waals surface area contributed by atoms with Gasteiger partial charge in [-0.05, 0) is 37.5 Å². The van der Waals surface area contributed by atoms with E-state index in [2.05, 4.69) is 5.32 Å². The number of carbonyl (C=O) groups excluding carboxylic acids is 1. The molecular weight excluding hydrogens is 274 g/mol. The fourth-order valence-electron chi connectivity index (χ4n) is 1.96. The van der Waals surface area contributed by atoms with Crippen LogP contribution < -0.4 is 5.32 Å². The molecule has 1 amide bonds. The smallest absolute Gasteiger partial charge is 0.350 e. The summed E-state index contributed by atoms with van der Waals surface area (Å²) in [7, 11) is 0. The Bertz CT molecular complexity index is 483. The highest BCUT2D eigenvalue weighted by Gasteiger charge is 2.32. The number of amides is 1. The Morgan fingerprint density at radius 3 is 2.30 bits per heavy atom. The molecule has 0 bridgehead atoms. The first-order chi connectivity index (χ1) is 9.09. The summed E-state index contributed by atoms with van der Waals surface area (Å²) >= 11 is 0. The molecule has 0 aliphatic heterocycles. The number of nitrogens with one attached hydrogen (secondary N) is 1. The lowest BCUT2D eigenvalue weighted by Crippen LogP contribution is -2.33. The predicted octanol–water partition coefficient (Wildman–Crippen LogP) is 4.01. The molecule has 0 spiro atoms. The molecule has 0 aliphatic rings. The fraction of sp³-hybridized carbons (Fsp3) is 0.500. The average molecular weight is 291 g/mol. The van der Waals surface area contributed by atoms with E-state index in [-0.39, 0.29) is 11.6 Å². The Morgan fingerprint density at radius 2 is 1.80 bits per heavy atom. The molecule has 6 heteroatoms. The lowest BCUT2D eigenvalue weighted by atomic mass is 10.0. The van der Waals surface area contributed by atoms with E-state index in [4.69, 9.17) is 0 Å². The molecule has 0 aliphatic carbocycles. The monoisotopic (exact) mass is 291 g/mol. The standard InChI is InChI=1S/C14H17F4NO/c1-8(2)4-9(3)19-13(20)10-5-11(14(16,17)18)7-12(15)6-10/h5-9H,4H2,1-3H3,(H,19,20). The zero-order chi connectivity index (χ0) is 15.5. The molecular formula is C14H17F4NO. The van der Waals surface area contributed by atoms with Gasteiger partial charge in [-0.1, -0.05) is 13.8 Å². The van der Waals surface area contributed by atoms with E-state index >= 15 is 0 Å². The Morgan fingerprint density at radius 1 is 1.20 bits per heavy atom. The Labute approximate surface area is 115 Å². The number of benzene rings is 1. The molecule has 1 atom stereocenters. The quantitative estimate of drug-likeness (QED) is 0.834. The summed E-state index contributed by atoms with van der Waals surface area (Å²) in [5.41, 5.74) is -1.49. The van der Waals surface area contributed by atoms with Crippen molar-refractivity contribution >= 4 is 5.91 Å².